The van der Waals surface area contributed by atoms with Gasteiger partial charge in [-0.05, 0) is 41.7 Å². The van der Waals surface area contributed by atoms with E-state index >= 15 is 0 Å². The number of ether oxygens (including phenoxy) is 2. The van der Waals surface area contributed by atoms with E-state index in [0.717, 1.165) is 54.1 Å². The molecule has 0 radical (unpaired) electrons. The van der Waals surface area contributed by atoms with Gasteiger partial charge in [-0.1, -0.05) is 54.6 Å². The minimum absolute atomic E-state index is 0.364. The van der Waals surface area contributed by atoms with Crippen LogP contribution in [0, 0.1) is 0 Å². The molecule has 5 heteroatoms. The number of likely N-dealkylation sites (tertiary alicyclic amines) is 1. The van der Waals surface area contributed by atoms with E-state index in [1.54, 1.807) is 7.11 Å². The lowest BCUT2D eigenvalue weighted by atomic mass is 9.81. The molecule has 5 rings (SSSR count). The Kier molecular flexibility index (Phi) is 6.11. The summed E-state index contributed by atoms with van der Waals surface area (Å²) in [6.45, 7) is 2.24. The summed E-state index contributed by atoms with van der Waals surface area (Å²) < 4.78 is 11.8. The Bertz CT molecular complexity index is 1070. The SMILES string of the molecule is COc1ccc2c(c1)OC1(CCN(C[C@H](O)c3ccc(-c4ccccc4)cc3)CC1)C[C@H]2O. The molecule has 0 aromatic heterocycles. The Morgan fingerprint density at radius 1 is 1.00 bits per heavy atom. The molecule has 1 spiro atoms. The van der Waals surface area contributed by atoms with Crippen molar-refractivity contribution in [1.82, 2.24) is 4.90 Å². The van der Waals surface area contributed by atoms with Gasteiger partial charge in [-0.15, -0.1) is 0 Å². The van der Waals surface area contributed by atoms with Gasteiger partial charge in [0.2, 0.25) is 0 Å². The third kappa shape index (κ3) is 4.62. The quantitative estimate of drug-likeness (QED) is 0.594. The molecule has 172 valence electrons. The van der Waals surface area contributed by atoms with Crippen LogP contribution in [-0.4, -0.2) is 47.5 Å². The number of benzene rings is 3. The summed E-state index contributed by atoms with van der Waals surface area (Å²) in [5.74, 6) is 1.46. The molecule has 2 aliphatic heterocycles. The second-order valence-corrected chi connectivity index (χ2v) is 9.21. The number of fused-ring (bicyclic) bond motifs is 1. The molecule has 0 unspecified atom stereocenters. The van der Waals surface area contributed by atoms with E-state index in [1.165, 1.54) is 5.56 Å². The fourth-order valence-electron chi connectivity index (χ4n) is 5.07. The van der Waals surface area contributed by atoms with Gasteiger partial charge in [0.25, 0.3) is 0 Å². The Labute approximate surface area is 195 Å². The summed E-state index contributed by atoms with van der Waals surface area (Å²) >= 11 is 0. The van der Waals surface area contributed by atoms with Crippen LogP contribution in [0.15, 0.2) is 72.8 Å². The van der Waals surface area contributed by atoms with Crippen molar-refractivity contribution in [2.45, 2.75) is 37.1 Å². The number of methoxy groups -OCH3 is 1. The summed E-state index contributed by atoms with van der Waals surface area (Å²) in [4.78, 5) is 2.29. The maximum absolute atomic E-state index is 10.8. The molecule has 0 saturated carbocycles. The zero-order valence-corrected chi connectivity index (χ0v) is 19.0. The number of piperidine rings is 1. The van der Waals surface area contributed by atoms with Gasteiger partial charge in [-0.2, -0.15) is 0 Å². The average Bonchev–Trinajstić information content (AvgIpc) is 2.86. The smallest absolute Gasteiger partial charge is 0.129 e. The van der Waals surface area contributed by atoms with E-state index in [9.17, 15) is 10.2 Å². The molecule has 3 aromatic rings. The van der Waals surface area contributed by atoms with Crippen LogP contribution in [0.25, 0.3) is 11.1 Å². The first-order chi connectivity index (χ1) is 16.0. The number of hydrogen-bond acceptors (Lipinski definition) is 5. The molecule has 1 saturated heterocycles. The highest BCUT2D eigenvalue weighted by Gasteiger charge is 2.43. The van der Waals surface area contributed by atoms with Crippen LogP contribution in [0.4, 0.5) is 0 Å². The molecule has 3 aromatic carbocycles. The van der Waals surface area contributed by atoms with Crippen molar-refractivity contribution in [1.29, 1.82) is 0 Å². The van der Waals surface area contributed by atoms with Crippen molar-refractivity contribution in [2.75, 3.05) is 26.7 Å². The molecule has 2 atom stereocenters. The third-order valence-electron chi connectivity index (χ3n) is 7.07. The van der Waals surface area contributed by atoms with E-state index in [1.807, 2.05) is 48.5 Å². The first kappa shape index (κ1) is 22.0. The molecule has 1 fully saturated rings. The molecule has 0 aliphatic carbocycles. The summed E-state index contributed by atoms with van der Waals surface area (Å²) in [7, 11) is 1.63. The fourth-order valence-corrected chi connectivity index (χ4v) is 5.07. The first-order valence-electron chi connectivity index (χ1n) is 11.7. The number of aliphatic hydroxyl groups is 2. The van der Waals surface area contributed by atoms with Crippen molar-refractivity contribution >= 4 is 0 Å². The van der Waals surface area contributed by atoms with Crippen molar-refractivity contribution in [3.05, 3.63) is 83.9 Å². The van der Waals surface area contributed by atoms with Crippen LogP contribution in [0.3, 0.4) is 0 Å². The van der Waals surface area contributed by atoms with Crippen molar-refractivity contribution in [3.8, 4) is 22.6 Å². The van der Waals surface area contributed by atoms with Crippen LogP contribution < -0.4 is 9.47 Å². The summed E-state index contributed by atoms with van der Waals surface area (Å²) in [5, 5.41) is 21.6. The predicted molar refractivity (Wildman–Crippen MR) is 128 cm³/mol. The highest BCUT2D eigenvalue weighted by atomic mass is 16.5. The van der Waals surface area contributed by atoms with E-state index in [0.29, 0.717) is 13.0 Å². The second kappa shape index (κ2) is 9.18. The summed E-state index contributed by atoms with van der Waals surface area (Å²) in [6, 6.07) is 24.1. The number of rotatable bonds is 5. The lowest BCUT2D eigenvalue weighted by Gasteiger charge is -2.46. The van der Waals surface area contributed by atoms with Gasteiger partial charge < -0.3 is 24.6 Å². The van der Waals surface area contributed by atoms with Gasteiger partial charge in [-0.25, -0.2) is 0 Å². The zero-order chi connectivity index (χ0) is 22.8. The number of hydrogen-bond donors (Lipinski definition) is 2. The standard InChI is InChI=1S/C28H31NO4/c1-32-23-11-12-24-25(30)18-28(33-27(24)17-23)13-15-29(16-14-28)19-26(31)22-9-7-21(8-10-22)20-5-3-2-4-6-20/h2-12,17,25-26,30-31H,13-16,18-19H2,1H3/t25-,26+/m1/s1. The second-order valence-electron chi connectivity index (χ2n) is 9.21. The first-order valence-corrected chi connectivity index (χ1v) is 11.7. The summed E-state index contributed by atoms with van der Waals surface area (Å²) in [5.41, 5.74) is 3.72. The Morgan fingerprint density at radius 3 is 2.39 bits per heavy atom. The zero-order valence-electron chi connectivity index (χ0n) is 19.0. The number of aliphatic hydroxyl groups excluding tert-OH is 2. The summed E-state index contributed by atoms with van der Waals surface area (Å²) in [6.07, 6.45) is 1.18. The maximum Gasteiger partial charge on any atom is 0.129 e. The lowest BCUT2D eigenvalue weighted by molar-refractivity contribution is -0.0588. The third-order valence-corrected chi connectivity index (χ3v) is 7.07. The minimum Gasteiger partial charge on any atom is -0.497 e. The largest absolute Gasteiger partial charge is 0.497 e. The Hall–Kier alpha value is -2.86. The number of β-amino-alcohol motifs (C(OH)–C–C–N with tert-alkyl or cyclic N) is 1. The van der Waals surface area contributed by atoms with Crippen molar-refractivity contribution in [2.24, 2.45) is 0 Å². The van der Waals surface area contributed by atoms with Gasteiger partial charge >= 0.3 is 0 Å². The van der Waals surface area contributed by atoms with Crippen LogP contribution in [0.2, 0.25) is 0 Å². The van der Waals surface area contributed by atoms with Gasteiger partial charge in [0.1, 0.15) is 17.1 Å². The molecule has 2 aliphatic rings. The van der Waals surface area contributed by atoms with Crippen molar-refractivity contribution in [3.63, 3.8) is 0 Å². The highest BCUT2D eigenvalue weighted by Crippen LogP contribution is 2.45. The minimum atomic E-state index is -0.535. The van der Waals surface area contributed by atoms with Crippen LogP contribution in [0.5, 0.6) is 11.5 Å². The topological polar surface area (TPSA) is 62.2 Å². The van der Waals surface area contributed by atoms with Crippen LogP contribution >= 0.6 is 0 Å². The van der Waals surface area contributed by atoms with E-state index in [4.69, 9.17) is 9.47 Å². The van der Waals surface area contributed by atoms with Crippen LogP contribution in [0.1, 0.15) is 42.6 Å². The molecular weight excluding hydrogens is 414 g/mol. The lowest BCUT2D eigenvalue weighted by Crippen LogP contribution is -2.51. The maximum atomic E-state index is 10.8. The molecule has 2 heterocycles. The average molecular weight is 446 g/mol. The Balaban J connectivity index is 1.20. The number of nitrogens with zero attached hydrogens (tertiary/aromatic N) is 1. The van der Waals surface area contributed by atoms with Crippen LogP contribution in [-0.2, 0) is 0 Å². The van der Waals surface area contributed by atoms with E-state index in [-0.39, 0.29) is 5.60 Å². The van der Waals surface area contributed by atoms with Gasteiger partial charge in [-0.3, -0.25) is 0 Å². The molecule has 0 amide bonds. The highest BCUT2D eigenvalue weighted by molar-refractivity contribution is 5.63. The molecular formula is C28H31NO4. The molecule has 0 bridgehead atoms. The molecule has 2 N–H and O–H groups in total. The van der Waals surface area contributed by atoms with E-state index in [2.05, 4.69) is 29.2 Å². The molecule has 5 nitrogen and oxygen atoms in total. The monoisotopic (exact) mass is 445 g/mol. The van der Waals surface area contributed by atoms with Gasteiger partial charge in [0.05, 0.1) is 19.3 Å². The fraction of sp³-hybridized carbons (Fsp3) is 0.357. The predicted octanol–water partition coefficient (Wildman–Crippen LogP) is 4.75. The van der Waals surface area contributed by atoms with Gasteiger partial charge in [0, 0.05) is 37.7 Å². The Morgan fingerprint density at radius 2 is 1.70 bits per heavy atom. The van der Waals surface area contributed by atoms with Gasteiger partial charge in [0.15, 0.2) is 0 Å². The normalized spacial score (nSPS) is 20.6. The molecule has 33 heavy (non-hydrogen) atoms. The van der Waals surface area contributed by atoms with E-state index < -0.39 is 12.2 Å². The van der Waals surface area contributed by atoms with Crippen molar-refractivity contribution < 1.29 is 19.7 Å².